The fraction of sp³-hybridized carbons (Fsp3) is 0.500. The van der Waals surface area contributed by atoms with Crippen LogP contribution in [0.3, 0.4) is 0 Å². The summed E-state index contributed by atoms with van der Waals surface area (Å²) in [5.74, 6) is -0.425. The molecule has 0 saturated carbocycles. The third kappa shape index (κ3) is 5.82. The molecule has 0 saturated heterocycles. The van der Waals surface area contributed by atoms with Gasteiger partial charge in [0, 0.05) is 37.9 Å². The summed E-state index contributed by atoms with van der Waals surface area (Å²) >= 11 is 0. The molecular formula is C32H41NO4. The quantitative estimate of drug-likeness (QED) is 0.296. The Labute approximate surface area is 221 Å². The minimum Gasteiger partial charge on any atom is -0.460 e. The highest BCUT2D eigenvalue weighted by Crippen LogP contribution is 2.57. The molecule has 4 rings (SSSR count). The van der Waals surface area contributed by atoms with Crippen LogP contribution in [0, 0.1) is 0 Å². The zero-order valence-electron chi connectivity index (χ0n) is 23.3. The van der Waals surface area contributed by atoms with Gasteiger partial charge < -0.3 is 9.47 Å². The van der Waals surface area contributed by atoms with Crippen LogP contribution in [0.2, 0.25) is 0 Å². The van der Waals surface area contributed by atoms with Crippen molar-refractivity contribution in [2.75, 3.05) is 6.54 Å². The first-order valence-corrected chi connectivity index (χ1v) is 13.3. The average Bonchev–Trinajstić information content (AvgIpc) is 2.95. The van der Waals surface area contributed by atoms with Gasteiger partial charge in [-0.25, -0.2) is 0 Å². The summed E-state index contributed by atoms with van der Waals surface area (Å²) in [4.78, 5) is 28.2. The minimum atomic E-state index is -0.540. The second kappa shape index (κ2) is 10.1. The van der Waals surface area contributed by atoms with Gasteiger partial charge in [-0.15, -0.1) is 6.58 Å². The Morgan fingerprint density at radius 2 is 1.27 bits per heavy atom. The van der Waals surface area contributed by atoms with Crippen LogP contribution in [-0.2, 0) is 37.6 Å². The molecule has 0 radical (unpaired) electrons. The molecule has 1 aliphatic carbocycles. The maximum absolute atomic E-state index is 12.9. The fourth-order valence-electron chi connectivity index (χ4n) is 5.93. The number of hydrogen-bond acceptors (Lipinski definition) is 5. The van der Waals surface area contributed by atoms with Gasteiger partial charge in [-0.2, -0.15) is 0 Å². The summed E-state index contributed by atoms with van der Waals surface area (Å²) in [6.45, 7) is 17.8. The van der Waals surface area contributed by atoms with Crippen molar-refractivity contribution in [3.63, 3.8) is 0 Å². The van der Waals surface area contributed by atoms with E-state index in [9.17, 15) is 9.59 Å². The summed E-state index contributed by atoms with van der Waals surface area (Å²) in [7, 11) is 0. The fourth-order valence-corrected chi connectivity index (χ4v) is 5.93. The molecule has 5 nitrogen and oxygen atoms in total. The molecular weight excluding hydrogens is 462 g/mol. The molecule has 0 unspecified atom stereocenters. The number of esters is 2. The highest BCUT2D eigenvalue weighted by molar-refractivity contribution is 5.87. The molecule has 2 aromatic rings. The SMILES string of the molecule is C=CCN1Cc2cccc3c2-c2c(cccc2C3(CCC(=O)OC(C)(C)C)CCC(=O)OC(C)(C)C)C1. The lowest BCUT2D eigenvalue weighted by molar-refractivity contribution is -0.155. The Hall–Kier alpha value is -2.92. The van der Waals surface area contributed by atoms with Crippen molar-refractivity contribution in [1.29, 1.82) is 0 Å². The number of benzene rings is 2. The Kier molecular flexibility index (Phi) is 7.40. The van der Waals surface area contributed by atoms with Crippen LogP contribution in [0.1, 0.15) is 89.5 Å². The first-order valence-electron chi connectivity index (χ1n) is 13.3. The highest BCUT2D eigenvalue weighted by Gasteiger charge is 2.46. The third-order valence-electron chi connectivity index (χ3n) is 7.11. The van der Waals surface area contributed by atoms with Gasteiger partial charge >= 0.3 is 11.9 Å². The predicted molar refractivity (Wildman–Crippen MR) is 147 cm³/mol. The summed E-state index contributed by atoms with van der Waals surface area (Å²) in [6, 6.07) is 13.0. The number of carbonyl (C=O) groups is 2. The van der Waals surface area contributed by atoms with E-state index in [-0.39, 0.29) is 24.8 Å². The topological polar surface area (TPSA) is 55.8 Å². The molecule has 198 valence electrons. The summed E-state index contributed by atoms with van der Waals surface area (Å²) in [5.41, 5.74) is 5.97. The molecule has 0 fully saturated rings. The number of nitrogens with zero attached hydrogens (tertiary/aromatic N) is 1. The van der Waals surface area contributed by atoms with E-state index in [1.165, 1.54) is 33.4 Å². The maximum atomic E-state index is 12.9. The minimum absolute atomic E-state index is 0.212. The number of ether oxygens (including phenoxy) is 2. The van der Waals surface area contributed by atoms with Crippen LogP contribution in [0.5, 0.6) is 0 Å². The lowest BCUT2D eigenvalue weighted by atomic mass is 9.71. The smallest absolute Gasteiger partial charge is 0.306 e. The van der Waals surface area contributed by atoms with Crippen LogP contribution < -0.4 is 0 Å². The second-order valence-corrected chi connectivity index (χ2v) is 12.4. The molecule has 0 aromatic heterocycles. The zero-order valence-corrected chi connectivity index (χ0v) is 23.3. The van der Waals surface area contributed by atoms with Crippen molar-refractivity contribution in [1.82, 2.24) is 4.90 Å². The Balaban J connectivity index is 1.79. The van der Waals surface area contributed by atoms with Gasteiger partial charge in [0.05, 0.1) is 0 Å². The van der Waals surface area contributed by atoms with Gasteiger partial charge in [0.15, 0.2) is 0 Å². The van der Waals surface area contributed by atoms with Crippen molar-refractivity contribution >= 4 is 11.9 Å². The lowest BCUT2D eigenvalue weighted by Gasteiger charge is -2.33. The summed E-state index contributed by atoms with van der Waals surface area (Å²) < 4.78 is 11.4. The van der Waals surface area contributed by atoms with Gasteiger partial charge in [-0.3, -0.25) is 14.5 Å². The third-order valence-corrected chi connectivity index (χ3v) is 7.11. The van der Waals surface area contributed by atoms with Crippen molar-refractivity contribution in [3.05, 3.63) is 71.3 Å². The van der Waals surface area contributed by atoms with Crippen LogP contribution >= 0.6 is 0 Å². The summed E-state index contributed by atoms with van der Waals surface area (Å²) in [6.07, 6.45) is 3.67. The highest BCUT2D eigenvalue weighted by atomic mass is 16.6. The monoisotopic (exact) mass is 503 g/mol. The van der Waals surface area contributed by atoms with E-state index in [4.69, 9.17) is 9.47 Å². The van der Waals surface area contributed by atoms with Gasteiger partial charge in [-0.1, -0.05) is 42.5 Å². The Morgan fingerprint density at radius 3 is 1.65 bits per heavy atom. The molecule has 2 aromatic carbocycles. The maximum Gasteiger partial charge on any atom is 0.306 e. The molecule has 0 atom stereocenters. The number of hydrogen-bond donors (Lipinski definition) is 0. The standard InChI is InChI=1S/C32H41NO4/c1-8-19-33-20-22-11-9-13-24-28(22)29-23(21-33)12-10-14-25(29)32(24,17-15-26(34)36-30(2,3)4)18-16-27(35)37-31(5,6)7/h8-14H,1,15-21H2,2-7H3. The van der Waals surface area contributed by atoms with E-state index in [1.54, 1.807) is 0 Å². The van der Waals surface area contributed by atoms with E-state index in [1.807, 2.05) is 47.6 Å². The Bertz CT molecular complexity index is 1110. The molecule has 0 N–H and O–H groups in total. The van der Waals surface area contributed by atoms with Crippen LogP contribution in [-0.4, -0.2) is 34.6 Å². The normalized spacial score (nSPS) is 16.1. The van der Waals surface area contributed by atoms with Gasteiger partial charge in [0.25, 0.3) is 0 Å². The van der Waals surface area contributed by atoms with Crippen LogP contribution in [0.15, 0.2) is 49.1 Å². The van der Waals surface area contributed by atoms with E-state index in [2.05, 4.69) is 47.9 Å². The molecule has 0 amide bonds. The molecule has 2 aliphatic rings. The molecule has 0 bridgehead atoms. The Morgan fingerprint density at radius 1 is 0.838 bits per heavy atom. The first-order chi connectivity index (χ1) is 17.3. The van der Waals surface area contributed by atoms with Gasteiger partial charge in [0.1, 0.15) is 11.2 Å². The first kappa shape index (κ1) is 27.1. The van der Waals surface area contributed by atoms with Crippen molar-refractivity contribution in [3.8, 4) is 11.1 Å². The van der Waals surface area contributed by atoms with E-state index >= 15 is 0 Å². The number of carbonyl (C=O) groups excluding carboxylic acids is 2. The van der Waals surface area contributed by atoms with Crippen molar-refractivity contribution in [2.45, 2.75) is 96.9 Å². The lowest BCUT2D eigenvalue weighted by Crippen LogP contribution is -2.31. The molecule has 5 heteroatoms. The van der Waals surface area contributed by atoms with Gasteiger partial charge in [0.2, 0.25) is 0 Å². The molecule has 1 aliphatic heterocycles. The van der Waals surface area contributed by atoms with Gasteiger partial charge in [-0.05, 0) is 87.8 Å². The van der Waals surface area contributed by atoms with Crippen molar-refractivity contribution in [2.24, 2.45) is 0 Å². The predicted octanol–water partition coefficient (Wildman–Crippen LogP) is 6.70. The average molecular weight is 504 g/mol. The molecule has 0 spiro atoms. The van der Waals surface area contributed by atoms with E-state index < -0.39 is 16.6 Å². The molecule has 1 heterocycles. The summed E-state index contributed by atoms with van der Waals surface area (Å²) in [5, 5.41) is 0. The largest absolute Gasteiger partial charge is 0.460 e. The van der Waals surface area contributed by atoms with Crippen molar-refractivity contribution < 1.29 is 19.1 Å². The van der Waals surface area contributed by atoms with Crippen LogP contribution in [0.25, 0.3) is 11.1 Å². The van der Waals surface area contributed by atoms with Crippen LogP contribution in [0.4, 0.5) is 0 Å². The van der Waals surface area contributed by atoms with E-state index in [0.717, 1.165) is 19.6 Å². The molecule has 37 heavy (non-hydrogen) atoms. The van der Waals surface area contributed by atoms with E-state index in [0.29, 0.717) is 12.8 Å². The zero-order chi connectivity index (χ0) is 27.0. The number of rotatable bonds is 8. The second-order valence-electron chi connectivity index (χ2n) is 12.4.